The molecule has 1 saturated heterocycles. The maximum Gasteiger partial charge on any atom is 0.201 e. The molecule has 0 unspecified atom stereocenters. The van der Waals surface area contributed by atoms with E-state index in [0.29, 0.717) is 5.54 Å². The van der Waals surface area contributed by atoms with E-state index in [2.05, 4.69) is 88.6 Å². The summed E-state index contributed by atoms with van der Waals surface area (Å²) in [6.45, 7) is 15.6. The molecule has 0 amide bonds. The van der Waals surface area contributed by atoms with Crippen molar-refractivity contribution in [3.05, 3.63) is 54.6 Å². The molecule has 0 bridgehead atoms. The predicted octanol–water partition coefficient (Wildman–Crippen LogP) is 6.64. The Hall–Kier alpha value is -0.946. The van der Waals surface area contributed by atoms with E-state index in [1.165, 1.54) is 5.56 Å². The first-order valence-corrected chi connectivity index (χ1v) is 15.8. The van der Waals surface area contributed by atoms with Gasteiger partial charge in [-0.25, -0.2) is 0 Å². The summed E-state index contributed by atoms with van der Waals surface area (Å²) in [5.74, 6) is 0. The van der Waals surface area contributed by atoms with E-state index in [1.807, 2.05) is 0 Å². The molecule has 1 aromatic carbocycles. The summed E-state index contributed by atoms with van der Waals surface area (Å²) in [6, 6.07) is 12.7. The third kappa shape index (κ3) is 5.52. The van der Waals surface area contributed by atoms with Crippen molar-refractivity contribution in [3.63, 3.8) is 0 Å². The predicted molar refractivity (Wildman–Crippen MR) is 118 cm³/mol. The van der Waals surface area contributed by atoms with Crippen molar-refractivity contribution >= 4 is 22.7 Å². The molecular formula is C22H36O2Si2. The molecule has 4 heteroatoms. The Kier molecular flexibility index (Phi) is 7.65. The molecule has 1 fully saturated rings. The normalized spacial score (nSPS) is 26.1. The lowest BCUT2D eigenvalue weighted by atomic mass is 10.0. The van der Waals surface area contributed by atoms with Crippen LogP contribution in [-0.2, 0) is 8.85 Å². The second-order valence-corrected chi connectivity index (χ2v) is 17.2. The first-order valence-electron chi connectivity index (χ1n) is 10.0. The van der Waals surface area contributed by atoms with Crippen LogP contribution in [0.2, 0.25) is 37.3 Å². The van der Waals surface area contributed by atoms with Gasteiger partial charge in [-0.1, -0.05) is 62.4 Å². The first kappa shape index (κ1) is 21.4. The minimum atomic E-state index is -1.87. The van der Waals surface area contributed by atoms with Crippen LogP contribution >= 0.6 is 0 Å². The van der Waals surface area contributed by atoms with Crippen molar-refractivity contribution in [1.29, 1.82) is 0 Å². The summed E-state index contributed by atoms with van der Waals surface area (Å²) < 4.78 is 13.4. The van der Waals surface area contributed by atoms with E-state index in [1.54, 1.807) is 0 Å². The molecule has 0 spiro atoms. The Balaban J connectivity index is 2.16. The van der Waals surface area contributed by atoms with Crippen LogP contribution in [-0.4, -0.2) is 28.8 Å². The molecule has 1 aliphatic rings. The molecule has 0 saturated carbocycles. The summed E-state index contributed by atoms with van der Waals surface area (Å²) in [5.41, 5.74) is 1.65. The van der Waals surface area contributed by atoms with E-state index in [4.69, 9.17) is 8.85 Å². The largest absolute Gasteiger partial charge is 0.414 e. The molecule has 3 atom stereocenters. The lowest BCUT2D eigenvalue weighted by Gasteiger charge is -2.49. The fourth-order valence-corrected chi connectivity index (χ4v) is 9.49. The van der Waals surface area contributed by atoms with Gasteiger partial charge in [0.15, 0.2) is 8.32 Å². The highest BCUT2D eigenvalue weighted by atomic mass is 28.4. The fourth-order valence-electron chi connectivity index (χ4n) is 4.10. The minimum absolute atomic E-state index is 0.263. The topological polar surface area (TPSA) is 18.5 Å². The van der Waals surface area contributed by atoms with Crippen molar-refractivity contribution in [2.45, 2.75) is 76.2 Å². The molecule has 144 valence electrons. The third-order valence-electron chi connectivity index (χ3n) is 5.37. The van der Waals surface area contributed by atoms with Gasteiger partial charge in [-0.3, -0.25) is 0 Å². The van der Waals surface area contributed by atoms with Gasteiger partial charge in [-0.05, 0) is 50.1 Å². The standard InChI is InChI=1S/C22H36O2Si2/c1-7-22-21(24-25(4,5)6)18-20(23-26(22,8-2)9-3)17-13-16-19-14-11-10-12-15-19/h7,10-16,20-22H,1,8-9,17-18H2,2-6H3/b16-13+/t20-,21-,22+/m1/s1. The third-order valence-corrected chi connectivity index (χ3v) is 11.4. The van der Waals surface area contributed by atoms with E-state index in [9.17, 15) is 0 Å². The van der Waals surface area contributed by atoms with Gasteiger partial charge in [0.1, 0.15) is 0 Å². The zero-order valence-corrected chi connectivity index (χ0v) is 19.2. The molecule has 1 heterocycles. The molecule has 26 heavy (non-hydrogen) atoms. The number of hydrogen-bond donors (Lipinski definition) is 0. The van der Waals surface area contributed by atoms with Crippen molar-refractivity contribution < 1.29 is 8.85 Å². The van der Waals surface area contributed by atoms with Gasteiger partial charge in [0.25, 0.3) is 0 Å². The number of hydrogen-bond acceptors (Lipinski definition) is 2. The second kappa shape index (κ2) is 9.31. The van der Waals surface area contributed by atoms with Gasteiger partial charge in [-0.2, -0.15) is 0 Å². The van der Waals surface area contributed by atoms with Crippen LogP contribution in [0.1, 0.15) is 32.3 Å². The molecule has 2 rings (SSSR count). The highest BCUT2D eigenvalue weighted by Gasteiger charge is 2.49. The van der Waals surface area contributed by atoms with Crippen molar-refractivity contribution in [2.75, 3.05) is 0 Å². The maximum absolute atomic E-state index is 6.81. The van der Waals surface area contributed by atoms with E-state index >= 15 is 0 Å². The molecule has 0 N–H and O–H groups in total. The molecule has 1 aliphatic heterocycles. The van der Waals surface area contributed by atoms with Crippen LogP contribution in [0.4, 0.5) is 0 Å². The smallest absolute Gasteiger partial charge is 0.201 e. The van der Waals surface area contributed by atoms with Gasteiger partial charge >= 0.3 is 0 Å². The zero-order chi connectivity index (χ0) is 19.2. The molecule has 1 aromatic rings. The molecular weight excluding hydrogens is 352 g/mol. The van der Waals surface area contributed by atoms with Crippen LogP contribution < -0.4 is 0 Å². The summed E-state index contributed by atoms with van der Waals surface area (Å²) in [6.07, 6.45) is 9.09. The number of benzene rings is 1. The van der Waals surface area contributed by atoms with Crippen molar-refractivity contribution in [3.8, 4) is 0 Å². The van der Waals surface area contributed by atoms with Gasteiger partial charge < -0.3 is 8.85 Å². The Morgan fingerprint density at radius 3 is 2.38 bits per heavy atom. The summed E-state index contributed by atoms with van der Waals surface area (Å²) in [4.78, 5) is 0. The Labute approximate surface area is 162 Å². The number of rotatable bonds is 8. The minimum Gasteiger partial charge on any atom is -0.414 e. The van der Waals surface area contributed by atoms with Gasteiger partial charge in [0.05, 0.1) is 12.2 Å². The van der Waals surface area contributed by atoms with Gasteiger partial charge in [-0.15, -0.1) is 6.58 Å². The molecule has 0 radical (unpaired) electrons. The second-order valence-electron chi connectivity index (χ2n) is 8.33. The van der Waals surface area contributed by atoms with Crippen molar-refractivity contribution in [2.24, 2.45) is 0 Å². The summed E-state index contributed by atoms with van der Waals surface area (Å²) >= 11 is 0. The zero-order valence-electron chi connectivity index (χ0n) is 17.2. The Morgan fingerprint density at radius 2 is 1.85 bits per heavy atom. The highest BCUT2D eigenvalue weighted by molar-refractivity contribution is 6.76. The molecule has 2 nitrogen and oxygen atoms in total. The summed E-state index contributed by atoms with van der Waals surface area (Å²) in [5, 5.41) is 0. The van der Waals surface area contributed by atoms with Gasteiger partial charge in [0.2, 0.25) is 8.32 Å². The average molecular weight is 389 g/mol. The maximum atomic E-state index is 6.81. The van der Waals surface area contributed by atoms with E-state index in [0.717, 1.165) is 24.9 Å². The van der Waals surface area contributed by atoms with Gasteiger partial charge in [0, 0.05) is 5.54 Å². The molecule has 0 aromatic heterocycles. The van der Waals surface area contributed by atoms with Crippen LogP contribution in [0.15, 0.2) is 49.1 Å². The SMILES string of the molecule is C=C[C@H]1[C@H](O[Si](C)(C)C)C[C@@H](C/C=C/c2ccccc2)O[Si]1(CC)CC. The first-order chi connectivity index (χ1) is 12.3. The Morgan fingerprint density at radius 1 is 1.19 bits per heavy atom. The Bertz CT molecular complexity index is 588. The monoisotopic (exact) mass is 388 g/mol. The average Bonchev–Trinajstić information content (AvgIpc) is 2.60. The fraction of sp³-hybridized carbons (Fsp3) is 0.545. The highest BCUT2D eigenvalue weighted by Crippen LogP contribution is 2.44. The van der Waals surface area contributed by atoms with Crippen LogP contribution in [0.5, 0.6) is 0 Å². The molecule has 0 aliphatic carbocycles. The van der Waals surface area contributed by atoms with Crippen molar-refractivity contribution in [1.82, 2.24) is 0 Å². The van der Waals surface area contributed by atoms with E-state index in [-0.39, 0.29) is 12.2 Å². The summed E-state index contributed by atoms with van der Waals surface area (Å²) in [7, 11) is -3.47. The lowest BCUT2D eigenvalue weighted by Crippen LogP contribution is -2.55. The van der Waals surface area contributed by atoms with Crippen LogP contribution in [0.3, 0.4) is 0 Å². The van der Waals surface area contributed by atoms with Crippen LogP contribution in [0, 0.1) is 0 Å². The van der Waals surface area contributed by atoms with E-state index < -0.39 is 16.6 Å². The van der Waals surface area contributed by atoms with Crippen LogP contribution in [0.25, 0.3) is 6.08 Å². The lowest BCUT2D eigenvalue weighted by molar-refractivity contribution is 0.0629. The quantitative estimate of drug-likeness (QED) is 0.367.